The Hall–Kier alpha value is -1.95. The van der Waals surface area contributed by atoms with Crippen LogP contribution in [-0.4, -0.2) is 43.4 Å². The Morgan fingerprint density at radius 3 is 2.60 bits per heavy atom. The van der Waals surface area contributed by atoms with E-state index < -0.39 is 0 Å². The van der Waals surface area contributed by atoms with Crippen LogP contribution < -0.4 is 14.8 Å². The van der Waals surface area contributed by atoms with E-state index in [4.69, 9.17) is 14.6 Å². The van der Waals surface area contributed by atoms with Gasteiger partial charge in [0.1, 0.15) is 0 Å². The summed E-state index contributed by atoms with van der Waals surface area (Å²) >= 11 is 0. The summed E-state index contributed by atoms with van der Waals surface area (Å²) in [6.07, 6.45) is 1.48. The Morgan fingerprint density at radius 1 is 1.25 bits per heavy atom. The van der Waals surface area contributed by atoms with Crippen molar-refractivity contribution >= 4 is 11.7 Å². The molecule has 2 amide bonds. The minimum Gasteiger partial charge on any atom is -0.493 e. The van der Waals surface area contributed by atoms with Gasteiger partial charge in [0.2, 0.25) is 0 Å². The Morgan fingerprint density at radius 2 is 1.95 bits per heavy atom. The van der Waals surface area contributed by atoms with Crippen molar-refractivity contribution in [3.63, 3.8) is 0 Å². The monoisotopic (exact) mass is 280 g/mol. The second-order valence-corrected chi connectivity index (χ2v) is 4.65. The van der Waals surface area contributed by atoms with Gasteiger partial charge in [0, 0.05) is 25.8 Å². The van der Waals surface area contributed by atoms with E-state index in [9.17, 15) is 4.79 Å². The molecular weight excluding hydrogens is 260 g/mol. The summed E-state index contributed by atoms with van der Waals surface area (Å²) in [6, 6.07) is 3.53. The molecule has 2 N–H and O–H groups in total. The van der Waals surface area contributed by atoms with Crippen molar-refractivity contribution in [1.82, 2.24) is 4.90 Å². The lowest BCUT2D eigenvalue weighted by molar-refractivity contribution is 0.201. The molecule has 0 spiro atoms. The molecule has 0 atom stereocenters. The number of carbonyl (C=O) groups is 1. The molecule has 1 aliphatic rings. The second-order valence-electron chi connectivity index (χ2n) is 4.65. The fourth-order valence-electron chi connectivity index (χ4n) is 2.24. The maximum atomic E-state index is 12.0. The van der Waals surface area contributed by atoms with Crippen molar-refractivity contribution in [1.29, 1.82) is 0 Å². The molecular formula is C14H20N2O4. The minimum atomic E-state index is -0.123. The normalized spacial score (nSPS) is 13.8. The molecule has 0 fully saturated rings. The van der Waals surface area contributed by atoms with Crippen molar-refractivity contribution in [2.45, 2.75) is 19.4 Å². The van der Waals surface area contributed by atoms with Gasteiger partial charge in [0.05, 0.1) is 19.9 Å². The summed E-state index contributed by atoms with van der Waals surface area (Å²) in [6.45, 7) is 1.31. The van der Waals surface area contributed by atoms with E-state index in [1.807, 2.05) is 6.07 Å². The van der Waals surface area contributed by atoms with Crippen LogP contribution in [0.4, 0.5) is 10.5 Å². The molecule has 0 saturated carbocycles. The van der Waals surface area contributed by atoms with Crippen LogP contribution in [0.2, 0.25) is 0 Å². The highest BCUT2D eigenvalue weighted by atomic mass is 16.5. The second kappa shape index (κ2) is 6.47. The summed E-state index contributed by atoms with van der Waals surface area (Å²) < 4.78 is 10.5. The molecule has 0 saturated heterocycles. The van der Waals surface area contributed by atoms with E-state index in [2.05, 4.69) is 5.32 Å². The van der Waals surface area contributed by atoms with Gasteiger partial charge < -0.3 is 24.8 Å². The van der Waals surface area contributed by atoms with Gasteiger partial charge in [0.25, 0.3) is 0 Å². The first kappa shape index (κ1) is 14.5. The largest absolute Gasteiger partial charge is 0.493 e. The number of ether oxygens (including phenoxy) is 2. The molecule has 6 nitrogen and oxygen atoms in total. The number of rotatable bonds is 6. The maximum Gasteiger partial charge on any atom is 0.322 e. The number of nitrogens with zero attached hydrogens (tertiary/aromatic N) is 1. The van der Waals surface area contributed by atoms with Crippen LogP contribution in [-0.2, 0) is 6.54 Å². The highest BCUT2D eigenvalue weighted by Crippen LogP contribution is 2.35. The third-order valence-corrected chi connectivity index (χ3v) is 3.34. The third kappa shape index (κ3) is 2.96. The van der Waals surface area contributed by atoms with Crippen LogP contribution >= 0.6 is 0 Å². The molecule has 1 aromatic carbocycles. The topological polar surface area (TPSA) is 71.0 Å². The zero-order valence-electron chi connectivity index (χ0n) is 11.8. The number of anilines is 1. The lowest BCUT2D eigenvalue weighted by Crippen LogP contribution is -2.39. The number of methoxy groups -OCH3 is 2. The van der Waals surface area contributed by atoms with E-state index in [1.165, 1.54) is 0 Å². The number of aliphatic hydroxyl groups excluding tert-OH is 1. The molecule has 20 heavy (non-hydrogen) atoms. The fourth-order valence-corrected chi connectivity index (χ4v) is 2.24. The molecule has 6 heteroatoms. The van der Waals surface area contributed by atoms with Gasteiger partial charge >= 0.3 is 6.03 Å². The van der Waals surface area contributed by atoms with Gasteiger partial charge in [-0.15, -0.1) is 0 Å². The van der Waals surface area contributed by atoms with Gasteiger partial charge in [-0.2, -0.15) is 0 Å². The van der Waals surface area contributed by atoms with Crippen LogP contribution in [0, 0.1) is 0 Å². The summed E-state index contributed by atoms with van der Waals surface area (Å²) in [5.41, 5.74) is 1.75. The van der Waals surface area contributed by atoms with Crippen LogP contribution in [0.25, 0.3) is 0 Å². The van der Waals surface area contributed by atoms with Gasteiger partial charge in [-0.25, -0.2) is 4.79 Å². The summed E-state index contributed by atoms with van der Waals surface area (Å²) in [5.74, 6) is 1.25. The van der Waals surface area contributed by atoms with E-state index in [1.54, 1.807) is 25.2 Å². The number of aliphatic hydroxyl groups is 1. The number of fused-ring (bicyclic) bond motifs is 1. The Bertz CT molecular complexity index is 490. The molecule has 0 bridgehead atoms. The first-order chi connectivity index (χ1) is 9.69. The van der Waals surface area contributed by atoms with Crippen LogP contribution in [0.3, 0.4) is 0 Å². The average Bonchev–Trinajstić information content (AvgIpc) is 2.46. The van der Waals surface area contributed by atoms with Gasteiger partial charge in [-0.3, -0.25) is 0 Å². The standard InChI is InChI=1S/C14H20N2O4/c1-19-12-7-10-9-16(5-3-4-6-17)14(18)15-11(10)8-13(12)20-2/h7-8,17H,3-6,9H2,1-2H3,(H,15,18). The van der Waals surface area contributed by atoms with Crippen molar-refractivity contribution in [2.24, 2.45) is 0 Å². The predicted octanol–water partition coefficient (Wildman–Crippen LogP) is 1.82. The Labute approximate surface area is 118 Å². The van der Waals surface area contributed by atoms with Crippen molar-refractivity contribution < 1.29 is 19.4 Å². The zero-order chi connectivity index (χ0) is 14.5. The average molecular weight is 280 g/mol. The number of carbonyl (C=O) groups excluding carboxylic acids is 1. The smallest absolute Gasteiger partial charge is 0.322 e. The third-order valence-electron chi connectivity index (χ3n) is 3.34. The number of urea groups is 1. The summed E-state index contributed by atoms with van der Waals surface area (Å²) in [7, 11) is 3.15. The Kier molecular flexibility index (Phi) is 4.68. The molecule has 0 aromatic heterocycles. The minimum absolute atomic E-state index is 0.123. The first-order valence-electron chi connectivity index (χ1n) is 6.61. The number of hydrogen-bond acceptors (Lipinski definition) is 4. The van der Waals surface area contributed by atoms with Gasteiger partial charge in [-0.1, -0.05) is 0 Å². The van der Waals surface area contributed by atoms with E-state index in [0.717, 1.165) is 17.7 Å². The van der Waals surface area contributed by atoms with Crippen LogP contribution in [0.1, 0.15) is 18.4 Å². The Balaban J connectivity index is 2.17. The zero-order valence-corrected chi connectivity index (χ0v) is 11.8. The molecule has 1 heterocycles. The summed E-state index contributed by atoms with van der Waals surface area (Å²) in [4.78, 5) is 13.7. The van der Waals surface area contributed by atoms with Crippen LogP contribution in [0.5, 0.6) is 11.5 Å². The van der Waals surface area contributed by atoms with Gasteiger partial charge in [-0.05, 0) is 24.5 Å². The molecule has 0 aliphatic carbocycles. The van der Waals surface area contributed by atoms with Crippen molar-refractivity contribution in [3.05, 3.63) is 17.7 Å². The molecule has 110 valence electrons. The fraction of sp³-hybridized carbons (Fsp3) is 0.500. The lowest BCUT2D eigenvalue weighted by Gasteiger charge is -2.30. The highest BCUT2D eigenvalue weighted by molar-refractivity contribution is 5.92. The SMILES string of the molecule is COc1cc2c(cc1OC)NC(=O)N(CCCCO)C2. The van der Waals surface area contributed by atoms with Gasteiger partial charge in [0.15, 0.2) is 11.5 Å². The lowest BCUT2D eigenvalue weighted by atomic mass is 10.1. The number of amides is 2. The molecule has 0 unspecified atom stereocenters. The van der Waals surface area contributed by atoms with E-state index in [0.29, 0.717) is 31.0 Å². The molecule has 1 aliphatic heterocycles. The molecule has 0 radical (unpaired) electrons. The highest BCUT2D eigenvalue weighted by Gasteiger charge is 2.24. The maximum absolute atomic E-state index is 12.0. The van der Waals surface area contributed by atoms with E-state index in [-0.39, 0.29) is 12.6 Å². The number of hydrogen-bond donors (Lipinski definition) is 2. The number of nitrogens with one attached hydrogen (secondary N) is 1. The summed E-state index contributed by atoms with van der Waals surface area (Å²) in [5, 5.41) is 11.6. The number of benzene rings is 1. The number of unbranched alkanes of at least 4 members (excludes halogenated alkanes) is 1. The van der Waals surface area contributed by atoms with E-state index >= 15 is 0 Å². The molecule has 1 aromatic rings. The quantitative estimate of drug-likeness (QED) is 0.780. The van der Waals surface area contributed by atoms with Crippen molar-refractivity contribution in [3.8, 4) is 11.5 Å². The van der Waals surface area contributed by atoms with Crippen molar-refractivity contribution in [2.75, 3.05) is 32.7 Å². The predicted molar refractivity (Wildman–Crippen MR) is 75.3 cm³/mol. The van der Waals surface area contributed by atoms with Crippen LogP contribution in [0.15, 0.2) is 12.1 Å². The first-order valence-corrected chi connectivity index (χ1v) is 6.61. The molecule has 2 rings (SSSR count).